The van der Waals surface area contributed by atoms with Gasteiger partial charge in [0.25, 0.3) is 0 Å². The van der Waals surface area contributed by atoms with E-state index in [0.717, 1.165) is 11.1 Å². The van der Waals surface area contributed by atoms with E-state index in [1.54, 1.807) is 0 Å². The zero-order chi connectivity index (χ0) is 14.8. The van der Waals surface area contributed by atoms with Crippen molar-refractivity contribution in [3.8, 4) is 0 Å². The molecule has 112 valence electrons. The van der Waals surface area contributed by atoms with Crippen molar-refractivity contribution in [2.24, 2.45) is 5.92 Å². The molecule has 1 fully saturated rings. The Labute approximate surface area is 114 Å². The summed E-state index contributed by atoms with van der Waals surface area (Å²) in [5, 5.41) is 6.15. The van der Waals surface area contributed by atoms with Gasteiger partial charge < -0.3 is 10.1 Å². The summed E-state index contributed by atoms with van der Waals surface area (Å²) in [7, 11) is 0. The number of alkyl halides is 3. The average molecular weight is 291 g/mol. The normalized spacial score (nSPS) is 23.6. The molecule has 2 rings (SSSR count). The van der Waals surface area contributed by atoms with Crippen molar-refractivity contribution >= 4 is 11.6 Å². The molecule has 1 aromatic rings. The molecule has 1 aromatic heterocycles. The van der Waals surface area contributed by atoms with Crippen molar-refractivity contribution in [3.63, 3.8) is 0 Å². The molecule has 2 atom stereocenters. The smallest absolute Gasteiger partial charge is 0.378 e. The maximum absolute atomic E-state index is 12.2. The quantitative estimate of drug-likeness (QED) is 0.929. The van der Waals surface area contributed by atoms with Gasteiger partial charge in [0.15, 0.2) is 0 Å². The van der Waals surface area contributed by atoms with Crippen LogP contribution >= 0.6 is 0 Å². The molecule has 0 spiro atoms. The van der Waals surface area contributed by atoms with Crippen molar-refractivity contribution in [1.29, 1.82) is 0 Å². The van der Waals surface area contributed by atoms with Crippen LogP contribution in [0.3, 0.4) is 0 Å². The Morgan fingerprint density at radius 3 is 3.00 bits per heavy atom. The van der Waals surface area contributed by atoms with Crippen LogP contribution in [0.15, 0.2) is 12.4 Å². The summed E-state index contributed by atoms with van der Waals surface area (Å²) in [4.78, 5) is 12.0. The van der Waals surface area contributed by atoms with Gasteiger partial charge >= 0.3 is 6.18 Å². The van der Waals surface area contributed by atoms with Gasteiger partial charge in [-0.3, -0.25) is 9.48 Å². The molecule has 0 saturated carbocycles. The van der Waals surface area contributed by atoms with Gasteiger partial charge in [0.05, 0.1) is 23.9 Å². The Morgan fingerprint density at radius 1 is 1.60 bits per heavy atom. The largest absolute Gasteiger partial charge is 0.408 e. The lowest BCUT2D eigenvalue weighted by Gasteiger charge is -2.27. The number of nitrogens with one attached hydrogen (secondary N) is 1. The van der Waals surface area contributed by atoms with E-state index in [1.165, 1.54) is 12.4 Å². The summed E-state index contributed by atoms with van der Waals surface area (Å²) < 4.78 is 42.7. The molecule has 8 heteroatoms. The molecule has 1 N–H and O–H groups in total. The number of aromatic nitrogens is 2. The van der Waals surface area contributed by atoms with Gasteiger partial charge in [0.2, 0.25) is 5.91 Å². The van der Waals surface area contributed by atoms with Crippen LogP contribution in [0.1, 0.15) is 19.8 Å². The van der Waals surface area contributed by atoms with Gasteiger partial charge in [-0.2, -0.15) is 18.3 Å². The van der Waals surface area contributed by atoms with E-state index in [0.29, 0.717) is 13.0 Å². The molecule has 0 aromatic carbocycles. The predicted molar refractivity (Wildman–Crippen MR) is 65.0 cm³/mol. The zero-order valence-corrected chi connectivity index (χ0v) is 11.0. The lowest BCUT2D eigenvalue weighted by Crippen LogP contribution is -2.36. The van der Waals surface area contributed by atoms with Crippen LogP contribution < -0.4 is 5.32 Å². The molecule has 0 aliphatic carbocycles. The van der Waals surface area contributed by atoms with Crippen molar-refractivity contribution in [3.05, 3.63) is 12.4 Å². The monoisotopic (exact) mass is 291 g/mol. The van der Waals surface area contributed by atoms with Gasteiger partial charge in [-0.1, -0.05) is 0 Å². The third-order valence-electron chi connectivity index (χ3n) is 3.19. The molecule has 1 aliphatic rings. The summed E-state index contributed by atoms with van der Waals surface area (Å²) in [5.41, 5.74) is 0.261. The third-order valence-corrected chi connectivity index (χ3v) is 3.19. The van der Waals surface area contributed by atoms with Gasteiger partial charge in [0.1, 0.15) is 6.54 Å². The Hall–Kier alpha value is -1.57. The molecule has 1 amide bonds. The van der Waals surface area contributed by atoms with E-state index < -0.39 is 12.7 Å². The SMILES string of the molecule is CC1OCCCC1C(=O)Nc1cnn(CC(F)(F)F)c1. The standard InChI is InChI=1S/C12H16F3N3O2/c1-8-10(3-2-4-20-8)11(19)17-9-5-16-18(6-9)7-12(13,14)15/h5-6,8,10H,2-4,7H2,1H3,(H,17,19). The second-order valence-electron chi connectivity index (χ2n) is 4.86. The molecule has 1 aliphatic heterocycles. The van der Waals surface area contributed by atoms with Crippen LogP contribution in [-0.4, -0.2) is 34.6 Å². The summed E-state index contributed by atoms with van der Waals surface area (Å²) in [6, 6.07) is 0. The van der Waals surface area contributed by atoms with Gasteiger partial charge in [-0.15, -0.1) is 0 Å². The van der Waals surface area contributed by atoms with Gasteiger partial charge in [-0.05, 0) is 19.8 Å². The number of nitrogens with zero attached hydrogens (tertiary/aromatic N) is 2. The second kappa shape index (κ2) is 5.82. The first kappa shape index (κ1) is 14.8. The van der Waals surface area contributed by atoms with E-state index in [1.807, 2.05) is 6.92 Å². The summed E-state index contributed by atoms with van der Waals surface area (Å²) in [5.74, 6) is -0.529. The Kier molecular flexibility index (Phi) is 4.32. The van der Waals surface area contributed by atoms with Crippen LogP contribution in [0.4, 0.5) is 18.9 Å². The van der Waals surface area contributed by atoms with Gasteiger partial charge in [-0.25, -0.2) is 0 Å². The predicted octanol–water partition coefficient (Wildman–Crippen LogP) is 2.20. The van der Waals surface area contributed by atoms with E-state index in [4.69, 9.17) is 4.74 Å². The van der Waals surface area contributed by atoms with Crippen molar-refractivity contribution in [2.75, 3.05) is 11.9 Å². The fourth-order valence-electron chi connectivity index (χ4n) is 2.20. The number of halogens is 3. The average Bonchev–Trinajstić information content (AvgIpc) is 2.74. The minimum atomic E-state index is -4.33. The minimum Gasteiger partial charge on any atom is -0.378 e. The number of carbonyl (C=O) groups excluding carboxylic acids is 1. The molecule has 2 unspecified atom stereocenters. The minimum absolute atomic E-state index is 0.186. The molecular formula is C12H16F3N3O2. The number of ether oxygens (including phenoxy) is 1. The van der Waals surface area contributed by atoms with Crippen LogP contribution in [0.5, 0.6) is 0 Å². The highest BCUT2D eigenvalue weighted by Gasteiger charge is 2.30. The fourth-order valence-corrected chi connectivity index (χ4v) is 2.20. The molecule has 20 heavy (non-hydrogen) atoms. The maximum atomic E-state index is 12.2. The highest BCUT2D eigenvalue weighted by molar-refractivity contribution is 5.92. The Bertz CT molecular complexity index is 473. The summed E-state index contributed by atoms with van der Waals surface area (Å²) in [6.45, 7) is 1.27. The number of amides is 1. The van der Waals surface area contributed by atoms with Crippen LogP contribution in [0.2, 0.25) is 0 Å². The van der Waals surface area contributed by atoms with Crippen molar-refractivity contribution in [1.82, 2.24) is 9.78 Å². The highest BCUT2D eigenvalue weighted by Crippen LogP contribution is 2.23. The van der Waals surface area contributed by atoms with E-state index in [9.17, 15) is 18.0 Å². The third kappa shape index (κ3) is 3.96. The molecular weight excluding hydrogens is 275 g/mol. The van der Waals surface area contributed by atoms with E-state index >= 15 is 0 Å². The first-order valence-electron chi connectivity index (χ1n) is 6.37. The first-order chi connectivity index (χ1) is 9.35. The maximum Gasteiger partial charge on any atom is 0.408 e. The zero-order valence-electron chi connectivity index (χ0n) is 11.0. The van der Waals surface area contributed by atoms with Crippen LogP contribution in [0, 0.1) is 5.92 Å². The lowest BCUT2D eigenvalue weighted by molar-refractivity contribution is -0.142. The topological polar surface area (TPSA) is 56.1 Å². The number of rotatable bonds is 3. The van der Waals surface area contributed by atoms with Gasteiger partial charge in [0, 0.05) is 12.8 Å². The van der Waals surface area contributed by atoms with Crippen molar-refractivity contribution < 1.29 is 22.7 Å². The number of anilines is 1. The summed E-state index contributed by atoms with van der Waals surface area (Å²) in [6.07, 6.45) is -0.634. The highest BCUT2D eigenvalue weighted by atomic mass is 19.4. The number of carbonyl (C=O) groups is 1. The molecule has 0 radical (unpaired) electrons. The van der Waals surface area contributed by atoms with E-state index in [2.05, 4.69) is 10.4 Å². The Morgan fingerprint density at radius 2 is 2.35 bits per heavy atom. The first-order valence-corrected chi connectivity index (χ1v) is 6.37. The van der Waals surface area contributed by atoms with E-state index in [-0.39, 0.29) is 23.6 Å². The number of hydrogen-bond acceptors (Lipinski definition) is 3. The molecule has 0 bridgehead atoms. The Balaban J connectivity index is 1.94. The van der Waals surface area contributed by atoms with Crippen LogP contribution in [-0.2, 0) is 16.1 Å². The number of hydrogen-bond donors (Lipinski definition) is 1. The second-order valence-corrected chi connectivity index (χ2v) is 4.86. The van der Waals surface area contributed by atoms with Crippen LogP contribution in [0.25, 0.3) is 0 Å². The molecule has 2 heterocycles. The molecule has 5 nitrogen and oxygen atoms in total. The molecule has 1 saturated heterocycles. The van der Waals surface area contributed by atoms with Crippen molar-refractivity contribution in [2.45, 2.75) is 38.6 Å². The summed E-state index contributed by atoms with van der Waals surface area (Å²) >= 11 is 0. The lowest BCUT2D eigenvalue weighted by atomic mass is 9.94. The fraction of sp³-hybridized carbons (Fsp3) is 0.667.